The first kappa shape index (κ1) is 20.0. The zero-order valence-corrected chi connectivity index (χ0v) is 16.0. The zero-order chi connectivity index (χ0) is 21.3. The maximum Gasteiger partial charge on any atom is 0.434 e. The van der Waals surface area contributed by atoms with E-state index >= 15 is 0 Å². The van der Waals surface area contributed by atoms with E-state index in [1.165, 1.54) is 16.7 Å². The van der Waals surface area contributed by atoms with Crippen LogP contribution in [0.25, 0.3) is 5.65 Å². The number of nitrogens with two attached hydrogens (primary N) is 1. The van der Waals surface area contributed by atoms with Crippen LogP contribution < -0.4 is 11.1 Å². The number of benzene rings is 1. The molecular weight excluding hydrogens is 397 g/mol. The molecule has 0 spiro atoms. The maximum atomic E-state index is 13.0. The second-order valence-electron chi connectivity index (χ2n) is 7.35. The monoisotopic (exact) mass is 418 g/mol. The van der Waals surface area contributed by atoms with Crippen molar-refractivity contribution in [2.45, 2.75) is 25.1 Å². The van der Waals surface area contributed by atoms with E-state index in [4.69, 9.17) is 5.73 Å². The first-order valence-electron chi connectivity index (χ1n) is 9.59. The highest BCUT2D eigenvalue weighted by atomic mass is 19.4. The third-order valence-electron chi connectivity index (χ3n) is 5.40. The summed E-state index contributed by atoms with van der Waals surface area (Å²) in [5.41, 5.74) is 5.78. The molecule has 158 valence electrons. The zero-order valence-electron chi connectivity index (χ0n) is 16.0. The number of amides is 2. The molecule has 4 rings (SSSR count). The van der Waals surface area contributed by atoms with Gasteiger partial charge in [-0.1, -0.05) is 30.3 Å². The minimum atomic E-state index is -4.52. The van der Waals surface area contributed by atoms with E-state index in [1.54, 1.807) is 4.90 Å². The fourth-order valence-electron chi connectivity index (χ4n) is 3.90. The number of fused-ring (bicyclic) bond motifs is 1. The van der Waals surface area contributed by atoms with Gasteiger partial charge in [0.1, 0.15) is 5.65 Å². The van der Waals surface area contributed by atoms with Crippen molar-refractivity contribution in [3.63, 3.8) is 0 Å². The Bertz CT molecular complexity index is 1040. The summed E-state index contributed by atoms with van der Waals surface area (Å²) in [6, 6.07) is 10.5. The molecule has 0 radical (unpaired) electrons. The van der Waals surface area contributed by atoms with Crippen molar-refractivity contribution in [1.82, 2.24) is 19.3 Å². The average Bonchev–Trinajstić information content (AvgIpc) is 3.18. The van der Waals surface area contributed by atoms with Crippen LogP contribution in [0.3, 0.4) is 0 Å². The van der Waals surface area contributed by atoms with Gasteiger partial charge in [-0.05, 0) is 30.4 Å². The number of rotatable bonds is 4. The lowest BCUT2D eigenvalue weighted by molar-refractivity contribution is -0.140. The summed E-state index contributed by atoms with van der Waals surface area (Å²) in [6.45, 7) is 1.02. The summed E-state index contributed by atoms with van der Waals surface area (Å²) in [5.74, 6) is 0.484. The van der Waals surface area contributed by atoms with Crippen LogP contribution in [0.5, 0.6) is 0 Å². The molecule has 0 aliphatic carbocycles. The Hall–Kier alpha value is -3.30. The number of imidazole rings is 1. The number of primary amides is 1. The van der Waals surface area contributed by atoms with Crippen LogP contribution in [0.15, 0.2) is 48.8 Å². The SMILES string of the molecule is NC(=O)N1CCC(CNc2nccc3nc(C(F)(F)F)cn23)CC1c1ccccc1. The molecule has 3 N–H and O–H groups in total. The first-order valence-corrected chi connectivity index (χ1v) is 9.59. The maximum absolute atomic E-state index is 13.0. The van der Waals surface area contributed by atoms with E-state index < -0.39 is 17.9 Å². The second-order valence-corrected chi connectivity index (χ2v) is 7.35. The molecule has 3 aromatic rings. The largest absolute Gasteiger partial charge is 0.434 e. The van der Waals surface area contributed by atoms with Crippen LogP contribution in [0.1, 0.15) is 30.1 Å². The van der Waals surface area contributed by atoms with Crippen LogP contribution in [0.2, 0.25) is 0 Å². The van der Waals surface area contributed by atoms with Crippen LogP contribution in [0, 0.1) is 5.92 Å². The number of aromatic nitrogens is 3. The molecule has 1 aromatic carbocycles. The summed E-state index contributed by atoms with van der Waals surface area (Å²) >= 11 is 0. The van der Waals surface area contributed by atoms with Gasteiger partial charge < -0.3 is 16.0 Å². The van der Waals surface area contributed by atoms with Crippen LogP contribution in [-0.4, -0.2) is 38.4 Å². The molecule has 10 heteroatoms. The lowest BCUT2D eigenvalue weighted by Gasteiger charge is -2.39. The molecule has 3 heterocycles. The minimum absolute atomic E-state index is 0.141. The van der Waals surface area contributed by atoms with Gasteiger partial charge in [-0.2, -0.15) is 13.2 Å². The molecule has 1 aliphatic heterocycles. The van der Waals surface area contributed by atoms with Gasteiger partial charge in [0, 0.05) is 25.5 Å². The van der Waals surface area contributed by atoms with Crippen molar-refractivity contribution in [2.24, 2.45) is 11.7 Å². The number of alkyl halides is 3. The fourth-order valence-corrected chi connectivity index (χ4v) is 3.90. The number of hydrogen-bond donors (Lipinski definition) is 2. The van der Waals surface area contributed by atoms with E-state index in [-0.39, 0.29) is 17.6 Å². The number of urea groups is 1. The number of carbonyl (C=O) groups is 1. The average molecular weight is 418 g/mol. The van der Waals surface area contributed by atoms with E-state index in [2.05, 4.69) is 15.3 Å². The molecule has 2 atom stereocenters. The standard InChI is InChI=1S/C20H21F3N6O/c21-20(22,23)16-12-29-17(27-16)6-8-25-19(29)26-11-13-7-9-28(18(24)30)15(10-13)14-4-2-1-3-5-14/h1-6,8,12-13,15H,7,9-11H2,(H2,24,30)(H,25,26). The van der Waals surface area contributed by atoms with Crippen LogP contribution in [0.4, 0.5) is 23.9 Å². The van der Waals surface area contributed by atoms with Crippen molar-refractivity contribution in [3.8, 4) is 0 Å². The molecule has 1 fully saturated rings. The third-order valence-corrected chi connectivity index (χ3v) is 5.40. The lowest BCUT2D eigenvalue weighted by Crippen LogP contribution is -2.45. The topological polar surface area (TPSA) is 88.5 Å². The van der Waals surface area contributed by atoms with Crippen molar-refractivity contribution < 1.29 is 18.0 Å². The summed E-state index contributed by atoms with van der Waals surface area (Å²) in [7, 11) is 0. The Kier molecular flexibility index (Phi) is 5.23. The number of halogens is 3. The highest BCUT2D eigenvalue weighted by Gasteiger charge is 2.34. The lowest BCUT2D eigenvalue weighted by atomic mass is 9.87. The highest BCUT2D eigenvalue weighted by molar-refractivity contribution is 5.72. The smallest absolute Gasteiger partial charge is 0.355 e. The van der Waals surface area contributed by atoms with Gasteiger partial charge in [-0.3, -0.25) is 4.40 Å². The summed E-state index contributed by atoms with van der Waals surface area (Å²) < 4.78 is 40.2. The van der Waals surface area contributed by atoms with Gasteiger partial charge in [0.2, 0.25) is 5.95 Å². The number of carbonyl (C=O) groups excluding carboxylic acids is 1. The van der Waals surface area contributed by atoms with Crippen LogP contribution >= 0.6 is 0 Å². The molecule has 2 amide bonds. The summed E-state index contributed by atoms with van der Waals surface area (Å²) in [6.07, 6.45) is -0.741. The third kappa shape index (κ3) is 4.03. The second kappa shape index (κ2) is 7.85. The Balaban J connectivity index is 1.50. The van der Waals surface area contributed by atoms with E-state index in [9.17, 15) is 18.0 Å². The Labute approximate surface area is 170 Å². The fraction of sp³-hybridized carbons (Fsp3) is 0.350. The quantitative estimate of drug-likeness (QED) is 0.676. The van der Waals surface area contributed by atoms with Gasteiger partial charge in [0.05, 0.1) is 6.04 Å². The number of hydrogen-bond acceptors (Lipinski definition) is 4. The number of piperidine rings is 1. The molecule has 30 heavy (non-hydrogen) atoms. The number of nitrogens with zero attached hydrogens (tertiary/aromatic N) is 4. The molecule has 1 aliphatic rings. The first-order chi connectivity index (χ1) is 14.3. The van der Waals surface area contributed by atoms with Gasteiger partial charge in [0.25, 0.3) is 0 Å². The van der Waals surface area contributed by atoms with Crippen molar-refractivity contribution >= 4 is 17.6 Å². The molecule has 1 saturated heterocycles. The van der Waals surface area contributed by atoms with Gasteiger partial charge in [0.15, 0.2) is 5.69 Å². The van der Waals surface area contributed by atoms with Crippen molar-refractivity contribution in [1.29, 1.82) is 0 Å². The Morgan fingerprint density at radius 1 is 1.23 bits per heavy atom. The molecule has 7 nitrogen and oxygen atoms in total. The van der Waals surface area contributed by atoms with E-state index in [1.807, 2.05) is 30.3 Å². The summed E-state index contributed by atoms with van der Waals surface area (Å²) in [4.78, 5) is 21.3. The normalized spacial score (nSPS) is 19.8. The van der Waals surface area contributed by atoms with E-state index in [0.717, 1.165) is 18.2 Å². The molecule has 2 aromatic heterocycles. The number of anilines is 1. The Morgan fingerprint density at radius 2 is 2.00 bits per heavy atom. The van der Waals surface area contributed by atoms with Crippen molar-refractivity contribution in [2.75, 3.05) is 18.4 Å². The summed E-state index contributed by atoms with van der Waals surface area (Å²) in [5, 5.41) is 3.15. The number of nitrogens with one attached hydrogen (secondary N) is 1. The van der Waals surface area contributed by atoms with Gasteiger partial charge in [-0.25, -0.2) is 14.8 Å². The van der Waals surface area contributed by atoms with Gasteiger partial charge >= 0.3 is 12.2 Å². The van der Waals surface area contributed by atoms with Gasteiger partial charge in [-0.15, -0.1) is 0 Å². The molecule has 2 unspecified atom stereocenters. The predicted octanol–water partition coefficient (Wildman–Crippen LogP) is 3.69. The highest BCUT2D eigenvalue weighted by Crippen LogP contribution is 2.34. The number of likely N-dealkylation sites (tertiary alicyclic amines) is 1. The minimum Gasteiger partial charge on any atom is -0.355 e. The van der Waals surface area contributed by atoms with Crippen molar-refractivity contribution in [3.05, 3.63) is 60.0 Å². The molecular formula is C20H21F3N6O. The molecule has 0 bridgehead atoms. The Morgan fingerprint density at radius 3 is 2.70 bits per heavy atom. The van der Waals surface area contributed by atoms with E-state index in [0.29, 0.717) is 25.5 Å². The predicted molar refractivity (Wildman–Crippen MR) is 105 cm³/mol. The molecule has 0 saturated carbocycles. The van der Waals surface area contributed by atoms with Crippen LogP contribution in [-0.2, 0) is 6.18 Å².